The Bertz CT molecular complexity index is 5760. The van der Waals surface area contributed by atoms with Gasteiger partial charge in [0, 0.05) is 25.5 Å². The molecule has 56 heteroatoms. The van der Waals surface area contributed by atoms with E-state index in [9.17, 15) is 138 Å². The highest BCUT2D eigenvalue weighted by molar-refractivity contribution is 7.87. The number of nitrogens with two attached hydrogens (primary N) is 1. The molecule has 38 nitrogen and oxygen atoms in total. The molecular weight excluding hydrogens is 1850 g/mol. The number of carbonyl (C=O) groups excluding carboxylic acids is 7. The van der Waals surface area contributed by atoms with Crippen LogP contribution in [0.15, 0.2) is 127 Å². The number of halogens is 2. The van der Waals surface area contributed by atoms with Gasteiger partial charge in [-0.25, -0.2) is 101 Å². The van der Waals surface area contributed by atoms with Crippen molar-refractivity contribution in [3.05, 3.63) is 228 Å². The molecule has 7 aromatic carbocycles. The van der Waals surface area contributed by atoms with Crippen LogP contribution in [0.3, 0.4) is 0 Å². The van der Waals surface area contributed by atoms with Gasteiger partial charge in [0.1, 0.15) is 63.6 Å². The quantitative estimate of drug-likeness (QED) is 0.0160. The van der Waals surface area contributed by atoms with E-state index in [-0.39, 0.29) is 107 Å². The normalized spacial score (nSPS) is 11.2. The molecule has 0 aromatic heterocycles. The van der Waals surface area contributed by atoms with E-state index in [1.165, 1.54) is 60.7 Å². The van der Waals surface area contributed by atoms with Gasteiger partial charge < -0.3 is 80.8 Å². The third-order valence-corrected chi connectivity index (χ3v) is 20.5. The molecule has 0 amide bonds. The number of ether oxygens (including phenoxy) is 7. The van der Waals surface area contributed by atoms with Crippen LogP contribution in [-0.2, 0) is 161 Å². The molecule has 0 aliphatic heterocycles. The molecule has 0 aliphatic carbocycles. The SMILES string of the molecule is [B]Cc1cc(C(=O)OCCS(=O)(=O)[O-])ccc1N(C)C.[B]Cc1ccc(C(=O)OCCS(=O)(=O)[O-])c(C[B])c1.[B]Cc1ccc(C(=O)OCCS(=O)(=O)[O-])cc1O.[B]Cc1ccc(F)c(C(=O)OCCS(=O)(=O)[O-])c1.[B]Cc1ccc(N)c(C(=O)OCCS(=O)(=O)[O-])c1.[B]Cc1cccc(C(=O)OCCS(=O)(=O)[O-])c1C[B].[B]Cc1cccc(F)c1C(=O)OCCS(=O)(=O)[O-]. The largest absolute Gasteiger partial charge is 0.748 e. The first-order valence-corrected chi connectivity index (χ1v) is 47.7. The zero-order valence-corrected chi connectivity index (χ0v) is 74.7. The maximum atomic E-state index is 13.4. The molecule has 0 saturated carbocycles. The highest BCUT2D eigenvalue weighted by atomic mass is 32.2. The van der Waals surface area contributed by atoms with Gasteiger partial charge in [-0.05, 0) is 101 Å². The molecule has 688 valence electrons. The topological polar surface area (TPSA) is 634 Å². The van der Waals surface area contributed by atoms with E-state index in [0.717, 1.165) is 35.0 Å². The van der Waals surface area contributed by atoms with Crippen molar-refractivity contribution in [3.8, 4) is 5.75 Å². The first kappa shape index (κ1) is 118. The van der Waals surface area contributed by atoms with Crippen molar-refractivity contribution in [1.29, 1.82) is 0 Å². The Morgan fingerprint density at radius 2 is 0.662 bits per heavy atom. The van der Waals surface area contributed by atoms with E-state index < -0.39 is 211 Å². The van der Waals surface area contributed by atoms with Crippen molar-refractivity contribution in [3.63, 3.8) is 0 Å². The Morgan fingerprint density at radius 3 is 1.05 bits per heavy atom. The average molecular weight is 1930 g/mol. The molecule has 0 spiro atoms. The number of hydrogen-bond donors (Lipinski definition) is 2. The van der Waals surface area contributed by atoms with Crippen LogP contribution >= 0.6 is 0 Å². The van der Waals surface area contributed by atoms with Crippen LogP contribution in [0.25, 0.3) is 0 Å². The molecule has 0 atom stereocenters. The number of carbonyl (C=O) groups is 7. The second-order valence-corrected chi connectivity index (χ2v) is 36.3. The zero-order valence-electron chi connectivity index (χ0n) is 69.0. The van der Waals surface area contributed by atoms with E-state index >= 15 is 0 Å². The molecule has 0 unspecified atom stereocenters. The lowest BCUT2D eigenvalue weighted by atomic mass is 9.84. The second-order valence-electron chi connectivity index (χ2n) is 25.6. The summed E-state index contributed by atoms with van der Waals surface area (Å²) in [6, 6.07) is 30.8. The van der Waals surface area contributed by atoms with Gasteiger partial charge in [0.25, 0.3) is 0 Å². The highest BCUT2D eigenvalue weighted by Gasteiger charge is 2.21. The number of nitrogens with zero attached hydrogens (tertiary/aromatic N) is 1. The Kier molecular flexibility index (Phi) is 52.1. The van der Waals surface area contributed by atoms with Gasteiger partial charge in [-0.3, -0.25) is 0 Å². The molecule has 18 radical (unpaired) electrons. The third kappa shape index (κ3) is 48.8. The summed E-state index contributed by atoms with van der Waals surface area (Å²) < 4.78 is 276. The zero-order chi connectivity index (χ0) is 99.3. The van der Waals surface area contributed by atoms with E-state index in [1.807, 2.05) is 19.0 Å². The number of phenols is 1. The number of hydrogen-bond acceptors (Lipinski definition) is 38. The van der Waals surface area contributed by atoms with E-state index in [1.54, 1.807) is 48.5 Å². The van der Waals surface area contributed by atoms with Gasteiger partial charge in [-0.15, -0.1) is 0 Å². The monoisotopic (exact) mass is 1930 g/mol. The molecule has 0 aliphatic rings. The van der Waals surface area contributed by atoms with Crippen LogP contribution < -0.4 is 10.6 Å². The minimum Gasteiger partial charge on any atom is -0.748 e. The van der Waals surface area contributed by atoms with Crippen LogP contribution in [0.5, 0.6) is 5.75 Å². The number of aromatic hydroxyl groups is 1. The van der Waals surface area contributed by atoms with Crippen LogP contribution in [-0.4, -0.2) is 309 Å². The van der Waals surface area contributed by atoms with Gasteiger partial charge in [0.15, 0.2) is 0 Å². The fourth-order valence-electron chi connectivity index (χ4n) is 9.51. The Morgan fingerprint density at radius 1 is 0.323 bits per heavy atom. The van der Waals surface area contributed by atoms with Crippen molar-refractivity contribution in [2.45, 2.75) is 56.9 Å². The Balaban J connectivity index is 0.000000759. The van der Waals surface area contributed by atoms with Crippen LogP contribution in [0.4, 0.5) is 20.2 Å². The molecule has 0 bridgehead atoms. The first-order chi connectivity index (χ1) is 60.3. The number of esters is 7. The van der Waals surface area contributed by atoms with Gasteiger partial charge >= 0.3 is 41.8 Å². The number of benzene rings is 7. The summed E-state index contributed by atoms with van der Waals surface area (Å²) in [6.07, 6.45) is 1.43. The van der Waals surface area contributed by atoms with Gasteiger partial charge in [0.05, 0.1) is 221 Å². The molecule has 7 rings (SSSR count). The average Bonchev–Trinajstić information content (AvgIpc) is 0.958. The molecule has 0 fully saturated rings. The number of nitrogen functional groups attached to an aromatic ring is 1. The van der Waals surface area contributed by atoms with Crippen molar-refractivity contribution in [2.24, 2.45) is 0 Å². The molecule has 0 heterocycles. The first-order valence-electron chi connectivity index (χ1n) is 36.7. The summed E-state index contributed by atoms with van der Waals surface area (Å²) in [4.78, 5) is 83.0. The molecule has 0 saturated heterocycles. The Hall–Kier alpha value is -9.96. The fraction of sp³-hybridized carbons (Fsp3) is 0.338. The van der Waals surface area contributed by atoms with Crippen molar-refractivity contribution in [2.75, 3.05) is 111 Å². The number of phenolic OH excluding ortho intramolecular Hbond substituents is 1. The predicted molar refractivity (Wildman–Crippen MR) is 464 cm³/mol. The lowest BCUT2D eigenvalue weighted by molar-refractivity contribution is 0.0511. The van der Waals surface area contributed by atoms with Crippen LogP contribution in [0.1, 0.15) is 123 Å². The summed E-state index contributed by atoms with van der Waals surface area (Å²) in [5, 5.41) is 9.46. The summed E-state index contributed by atoms with van der Waals surface area (Å²) in [7, 11) is 21.8. The molecule has 130 heavy (non-hydrogen) atoms. The van der Waals surface area contributed by atoms with Crippen molar-refractivity contribution in [1.82, 2.24) is 0 Å². The van der Waals surface area contributed by atoms with Crippen molar-refractivity contribution < 1.29 is 171 Å². The lowest BCUT2D eigenvalue weighted by Gasteiger charge is -2.17. The summed E-state index contributed by atoms with van der Waals surface area (Å²) in [6.45, 7) is -3.69. The minimum absolute atomic E-state index is 0.0491. The minimum atomic E-state index is -4.47. The summed E-state index contributed by atoms with van der Waals surface area (Å²) in [5.41, 5.74) is 12.2. The van der Waals surface area contributed by atoms with Gasteiger partial charge in [-0.2, -0.15) is 0 Å². The predicted octanol–water partition coefficient (Wildman–Crippen LogP) is -0.631. The standard InChI is InChI=1S/C12H16BNO5S.2C11H12B2O5S.2C10H10BFO5S.C10H12BNO5S.C10H11BO6S/c1-14(2)11-4-3-9(7-10(11)8-13)12(15)19-5-6-20(16,17)18;12-6-8-1-2-10(9(5-8)7-13)11(14)18-3-4-19(15,16)17;12-6-8-2-1-3-9(10(8)7-13)11(14)18-4-5-19(15,16)17;11-6-7-1-2-9(12)8(5-7)10(13)17-3-4-18(14,15)16;11-6-7-2-1-3-8(12)9(7)10(13)17-4-5-18(14,15)16;11-6-7-1-2-9(12)8(5-7)10(13)17-3-4-18(14,15)16;11-6-8-2-1-7(5-9(8)12)10(13)17-3-4-18(14,15)16/h3-4,7H,5-6,8H2,1-2H3,(H,16,17,18);1-2,5H,3-4,6-7H2,(H,15,16,17);1-3H,4-7H2,(H,15,16,17);1-2,5H,3-4,6H2,(H,14,15,16);1-3H,4-6H2,(H,14,15,16);1-2,5H,3-4,6,12H2,(H,14,15,16);1-2,5,12H,3-4,6H2,(H,14,15,16)/p-7. The summed E-state index contributed by atoms with van der Waals surface area (Å²) >= 11 is 0. The van der Waals surface area contributed by atoms with E-state index in [2.05, 4.69) is 18.9 Å². The van der Waals surface area contributed by atoms with Crippen LogP contribution in [0.2, 0.25) is 0 Å². The van der Waals surface area contributed by atoms with Gasteiger partial charge in [-0.1, -0.05) is 134 Å². The molecule has 7 aromatic rings. The second kappa shape index (κ2) is 57.4. The maximum absolute atomic E-state index is 13.4. The van der Waals surface area contributed by atoms with Crippen molar-refractivity contribution >= 4 is 195 Å². The number of rotatable bonds is 38. The maximum Gasteiger partial charge on any atom is 0.341 e. The molecule has 3 N–H and O–H groups in total. The fourth-order valence-corrected chi connectivity index (χ4v) is 11.5. The van der Waals surface area contributed by atoms with E-state index in [4.69, 9.17) is 90.6 Å². The molecular formula is C74H76B9F2N2O36S7-7. The highest BCUT2D eigenvalue weighted by Crippen LogP contribution is 2.24. The van der Waals surface area contributed by atoms with E-state index in [0.29, 0.717) is 39.7 Å². The lowest BCUT2D eigenvalue weighted by Crippen LogP contribution is -2.17. The Labute approximate surface area is 762 Å². The summed E-state index contributed by atoms with van der Waals surface area (Å²) in [5.74, 6) is -13.1. The third-order valence-electron chi connectivity index (χ3n) is 15.9. The number of anilines is 2. The smallest absolute Gasteiger partial charge is 0.341 e. The van der Waals surface area contributed by atoms with Gasteiger partial charge in [0.2, 0.25) is 0 Å². The van der Waals surface area contributed by atoms with Crippen LogP contribution in [0, 0.1) is 11.6 Å².